The van der Waals surface area contributed by atoms with Crippen LogP contribution < -0.4 is 29.5 Å². The third kappa shape index (κ3) is 26.8. The standard InChI is InChI=1S/C15H22ClNO2.C14H9Cl2NO5.C14H13NO7S.C11H11Cl2NO2.C3H8NO5P.C3H9S/c1-5-13-8-6-7-11(2)15(13)17(14(18)9-16)12(3)10-19-4;1-21-14(18)10-7-9(3-4-12(10)17(19)20)22-13-5-2-8(15)6-11(13)16;1-23(21,22)8-5-6-9(10(7-8)15(19)20)14(18)13-11(16)3-2-4-12(13)17;1-7-6-16-9-5-3-2-4-8(9)14(7)11(15)10(12)13;5-3(6)1-4-2-10(7,8)9;1-4(2)3/h6-8,12H,5,9-10H2,1-4H3;2-7H,1H3;5-7,13H,2-4H2,1H3;2-5,7,10H,6H2,1H3;4H,1-2H2,(H,5,6)(H2,7,8,9);1-3H3/q;;;;;+1/p-1. The Morgan fingerprint density at radius 1 is 0.894 bits per heavy atom. The van der Waals surface area contributed by atoms with Crippen LogP contribution in [0.15, 0.2) is 102 Å². The number of aryl methyl sites for hydroxylation is 2. The zero-order chi connectivity index (χ0) is 71.5. The van der Waals surface area contributed by atoms with Crippen LogP contribution in [0.25, 0.3) is 0 Å². The second-order valence-electron chi connectivity index (χ2n) is 20.5. The van der Waals surface area contributed by atoms with Crippen LogP contribution in [0.3, 0.4) is 0 Å². The fourth-order valence-electron chi connectivity index (χ4n) is 8.52. The van der Waals surface area contributed by atoms with Gasteiger partial charge in [0.25, 0.3) is 17.3 Å². The number of nitrogens with one attached hydrogen (secondary N) is 1. The lowest BCUT2D eigenvalue weighted by atomic mass is 9.81. The first-order chi connectivity index (χ1) is 43.9. The van der Waals surface area contributed by atoms with E-state index in [4.69, 9.17) is 82.2 Å². The van der Waals surface area contributed by atoms with Crippen LogP contribution >= 0.6 is 65.6 Å². The highest BCUT2D eigenvalue weighted by molar-refractivity contribution is 7.94. The number of carbonyl (C=O) groups excluding carboxylic acids is 6. The highest BCUT2D eigenvalue weighted by Crippen LogP contribution is 2.37. The monoisotopic (exact) mass is 1470 g/mol. The molecule has 0 radical (unpaired) electrons. The number of nitro groups is 2. The summed E-state index contributed by atoms with van der Waals surface area (Å²) in [5.41, 5.74) is 2.18. The first kappa shape index (κ1) is 83.3. The number of nitro benzene ring substituents is 2. The minimum Gasteiger partial charge on any atom is -0.778 e. The van der Waals surface area contributed by atoms with Crippen LogP contribution in [0.2, 0.25) is 10.0 Å². The van der Waals surface area contributed by atoms with Crippen molar-refractivity contribution < 1.29 is 90.2 Å². The third-order valence-corrected chi connectivity index (χ3v) is 15.4. The average molecular weight is 1470 g/mol. The number of rotatable bonds is 19. The number of carboxylic acids is 1. The highest BCUT2D eigenvalue weighted by atomic mass is 35.5. The quantitative estimate of drug-likeness (QED) is 0.0101. The van der Waals surface area contributed by atoms with Crippen molar-refractivity contribution >= 4 is 150 Å². The first-order valence-corrected chi connectivity index (χ1v) is 35.9. The Morgan fingerprint density at radius 2 is 1.50 bits per heavy atom. The lowest BCUT2D eigenvalue weighted by Gasteiger charge is -2.35. The van der Waals surface area contributed by atoms with Crippen LogP contribution in [0, 0.1) is 33.1 Å². The number of anilines is 2. The van der Waals surface area contributed by atoms with Gasteiger partial charge < -0.3 is 48.2 Å². The minimum atomic E-state index is -4.35. The number of carboxylic acid groups (broad SMARTS) is 1. The van der Waals surface area contributed by atoms with Crippen molar-refractivity contribution in [3.8, 4) is 17.2 Å². The van der Waals surface area contributed by atoms with Crippen LogP contribution in [-0.2, 0) is 65.2 Å². The number of aliphatic carboxylic acids is 1. The summed E-state index contributed by atoms with van der Waals surface area (Å²) in [4.78, 5) is 122. The van der Waals surface area contributed by atoms with Gasteiger partial charge in [0.15, 0.2) is 32.0 Å². The minimum absolute atomic E-state index is 0.0223. The number of hydrogen-bond acceptors (Lipinski definition) is 20. The topological polar surface area (TPSA) is 376 Å². The SMILES string of the molecule is CC1COc2ccccc2N1C(=O)C(Cl)Cl.CCc1cccc(C)c1N(C(=O)CCl)C(C)COC.COC(=O)c1cc(Oc2ccc(Cl)cc2Cl)ccc1[N+](=O)[O-].CS(=O)(=O)c1ccc(C(=O)C2C(=O)CCCC2=O)c([N+](=O)[O-])c1.C[S+](C)C.O=C(O)CNCP(=O)([O-])O. The average Bonchev–Trinajstić information content (AvgIpc) is 0.812. The molecule has 0 bridgehead atoms. The Bertz CT molecular complexity index is 3660. The van der Waals surface area contributed by atoms with E-state index in [0.29, 0.717) is 47.1 Å². The van der Waals surface area contributed by atoms with Crippen LogP contribution in [0.1, 0.15) is 71.9 Å². The first-order valence-electron chi connectivity index (χ1n) is 27.7. The van der Waals surface area contributed by atoms with Crippen molar-refractivity contribution in [2.24, 2.45) is 5.92 Å². The van der Waals surface area contributed by atoms with Crippen molar-refractivity contribution in [1.82, 2.24) is 5.32 Å². The maximum Gasteiger partial charge on any atom is 0.345 e. The summed E-state index contributed by atoms with van der Waals surface area (Å²) in [6, 6.07) is 24.5. The highest BCUT2D eigenvalue weighted by Gasteiger charge is 2.39. The number of halogens is 5. The molecule has 1 saturated carbocycles. The number of para-hydroxylation sites is 3. The zero-order valence-electron chi connectivity index (χ0n) is 52.5. The smallest absolute Gasteiger partial charge is 0.345 e. The number of nitrogens with zero attached hydrogens (tertiary/aromatic N) is 4. The number of Topliss-reactive ketones (excluding diaryl/α,β-unsaturated/α-hetero) is 3. The van der Waals surface area contributed by atoms with E-state index in [9.17, 15) is 71.7 Å². The van der Waals surface area contributed by atoms with Gasteiger partial charge in [-0.25, -0.2) is 13.2 Å². The van der Waals surface area contributed by atoms with Crippen LogP contribution in [0.5, 0.6) is 17.2 Å². The van der Waals surface area contributed by atoms with Crippen LogP contribution in [0.4, 0.5) is 22.7 Å². The molecule has 7 rings (SSSR count). The summed E-state index contributed by atoms with van der Waals surface area (Å²) < 4.78 is 53.6. The van der Waals surface area contributed by atoms with Gasteiger partial charge in [-0.2, -0.15) is 0 Å². The van der Waals surface area contributed by atoms with Crippen LogP contribution in [-0.4, -0.2) is 157 Å². The molecule has 0 aromatic heterocycles. The summed E-state index contributed by atoms with van der Waals surface area (Å²) in [6.45, 7) is 8.42. The van der Waals surface area contributed by atoms with Gasteiger partial charge in [-0.3, -0.25) is 54.3 Å². The van der Waals surface area contributed by atoms with Gasteiger partial charge in [0.2, 0.25) is 5.91 Å². The van der Waals surface area contributed by atoms with E-state index in [-0.39, 0.29) is 69.5 Å². The molecular formula is C60H71Cl5N5O21PS2. The Balaban J connectivity index is 0.000000402. The van der Waals surface area contributed by atoms with E-state index in [1.807, 2.05) is 62.5 Å². The summed E-state index contributed by atoms with van der Waals surface area (Å²) in [7, 11) is -4.63. The molecule has 2 aliphatic rings. The lowest BCUT2D eigenvalue weighted by Crippen LogP contribution is -2.47. The predicted octanol–water partition coefficient (Wildman–Crippen LogP) is 10.0. The van der Waals surface area contributed by atoms with Gasteiger partial charge >= 0.3 is 11.9 Å². The molecule has 0 saturated heterocycles. The molecule has 2 amide bonds. The van der Waals surface area contributed by atoms with E-state index >= 15 is 0 Å². The number of methoxy groups -OCH3 is 2. The number of fused-ring (bicyclic) bond motifs is 1. The van der Waals surface area contributed by atoms with Crippen molar-refractivity contribution in [2.45, 2.75) is 75.2 Å². The molecular weight excluding hydrogens is 1400 g/mol. The molecule has 0 spiro atoms. The summed E-state index contributed by atoms with van der Waals surface area (Å²) in [5, 5.41) is 32.7. The Hall–Kier alpha value is -6.79. The molecule has 3 N–H and O–H groups in total. The van der Waals surface area contributed by atoms with Crippen molar-refractivity contribution in [3.05, 3.63) is 150 Å². The Morgan fingerprint density at radius 3 is 2.01 bits per heavy atom. The molecule has 5 aromatic rings. The number of amides is 2. The van der Waals surface area contributed by atoms with Crippen molar-refractivity contribution in [1.29, 1.82) is 0 Å². The molecule has 26 nitrogen and oxygen atoms in total. The maximum atomic E-state index is 12.4. The van der Waals surface area contributed by atoms with E-state index in [0.717, 1.165) is 66.6 Å². The summed E-state index contributed by atoms with van der Waals surface area (Å²) in [6.07, 6.45) is 8.12. The molecule has 514 valence electrons. The largest absolute Gasteiger partial charge is 0.778 e. The van der Waals surface area contributed by atoms with Gasteiger partial charge in [-0.05, 0) is 104 Å². The second-order valence-corrected chi connectivity index (χ2v) is 28.8. The lowest BCUT2D eigenvalue weighted by molar-refractivity contribution is -0.385. The molecule has 1 aliphatic carbocycles. The molecule has 1 aliphatic heterocycles. The van der Waals surface area contributed by atoms with Gasteiger partial charge in [-0.1, -0.05) is 83.7 Å². The van der Waals surface area contributed by atoms with E-state index < -0.39 is 91.4 Å². The number of hydrogen-bond donors (Lipinski definition) is 3. The van der Waals surface area contributed by atoms with E-state index in [1.165, 1.54) is 18.2 Å². The van der Waals surface area contributed by atoms with Gasteiger partial charge in [-0.15, -0.1) is 11.6 Å². The number of esters is 1. The molecule has 1 fully saturated rings. The zero-order valence-corrected chi connectivity index (χ0v) is 58.8. The number of alkyl halides is 3. The fourth-order valence-corrected chi connectivity index (χ4v) is 10.3. The van der Waals surface area contributed by atoms with Crippen molar-refractivity contribution in [2.75, 3.05) is 81.0 Å². The van der Waals surface area contributed by atoms with Gasteiger partial charge in [0, 0.05) is 49.4 Å². The molecule has 34 heteroatoms. The Labute approximate surface area is 571 Å². The summed E-state index contributed by atoms with van der Waals surface area (Å²) in [5.74, 6) is -4.85. The normalized spacial score (nSPS) is 14.2. The number of benzene rings is 5. The maximum absolute atomic E-state index is 12.4. The number of ether oxygens (including phenoxy) is 4. The van der Waals surface area contributed by atoms with Gasteiger partial charge in [0.1, 0.15) is 48.8 Å². The molecule has 3 unspecified atom stereocenters. The fraction of sp³-hybridized carbons (Fsp3) is 0.383. The number of ketones is 3. The predicted molar refractivity (Wildman–Crippen MR) is 359 cm³/mol. The summed E-state index contributed by atoms with van der Waals surface area (Å²) >= 11 is 28.8. The Kier molecular flexibility index (Phi) is 35.4. The number of sulfone groups is 1. The number of carbonyl (C=O) groups is 7. The molecule has 3 atom stereocenters. The molecule has 1 heterocycles. The third-order valence-electron chi connectivity index (χ3n) is 12.5. The molecule has 5 aromatic carbocycles. The van der Waals surface area contributed by atoms with Crippen molar-refractivity contribution in [3.63, 3.8) is 0 Å². The van der Waals surface area contributed by atoms with Gasteiger partial charge in [0.05, 0.1) is 94.1 Å². The van der Waals surface area contributed by atoms with E-state index in [1.54, 1.807) is 29.0 Å². The molecule has 94 heavy (non-hydrogen) atoms. The second kappa shape index (κ2) is 39.9. The van der Waals surface area contributed by atoms with E-state index in [2.05, 4.69) is 36.5 Å².